The second kappa shape index (κ2) is 7.74. The number of hydrogen-bond acceptors (Lipinski definition) is 4. The van der Waals surface area contributed by atoms with Gasteiger partial charge in [0.1, 0.15) is 0 Å². The third kappa shape index (κ3) is 4.06. The Kier molecular flexibility index (Phi) is 5.20. The summed E-state index contributed by atoms with van der Waals surface area (Å²) >= 11 is 0. The van der Waals surface area contributed by atoms with Crippen molar-refractivity contribution in [3.05, 3.63) is 30.1 Å². The largest absolute Gasteiger partial charge is 0.353 e. The van der Waals surface area contributed by atoms with Gasteiger partial charge in [0.05, 0.1) is 5.92 Å². The Morgan fingerprint density at radius 3 is 2.42 bits per heavy atom. The summed E-state index contributed by atoms with van der Waals surface area (Å²) in [4.78, 5) is 33.4. The summed E-state index contributed by atoms with van der Waals surface area (Å²) in [6, 6.07) is 4.50. The number of aromatic nitrogens is 1. The molecule has 0 aromatic carbocycles. The van der Waals surface area contributed by atoms with Crippen molar-refractivity contribution in [3.63, 3.8) is 0 Å². The Balaban J connectivity index is 1.28. The first kappa shape index (κ1) is 17.5. The van der Waals surface area contributed by atoms with E-state index >= 15 is 0 Å². The predicted octanol–water partition coefficient (Wildman–Crippen LogP) is 1.68. The molecule has 1 aromatic heterocycles. The average Bonchev–Trinajstić information content (AvgIpc) is 3.52. The summed E-state index contributed by atoms with van der Waals surface area (Å²) in [7, 11) is 0. The summed E-state index contributed by atoms with van der Waals surface area (Å²) in [5.74, 6) is 0.495. The van der Waals surface area contributed by atoms with Crippen LogP contribution in [0.25, 0.3) is 0 Å². The van der Waals surface area contributed by atoms with Crippen LogP contribution in [-0.4, -0.2) is 64.9 Å². The lowest BCUT2D eigenvalue weighted by atomic mass is 9.93. The normalized spacial score (nSPS) is 25.1. The standard InChI is InChI=1S/C20H28N4O2/c25-19(22-17-3-4-17)16-2-1-11-24(14-16)18-7-12-23(13-8-18)20(26)15-5-9-21-10-6-15/h5-6,9-10,16-18H,1-4,7-8,11-14H2,(H,22,25)/t16-/m1/s1. The van der Waals surface area contributed by atoms with E-state index in [1.54, 1.807) is 24.5 Å². The minimum Gasteiger partial charge on any atom is -0.353 e. The smallest absolute Gasteiger partial charge is 0.253 e. The first-order valence-electron chi connectivity index (χ1n) is 9.94. The molecule has 26 heavy (non-hydrogen) atoms. The van der Waals surface area contributed by atoms with Gasteiger partial charge in [-0.05, 0) is 57.2 Å². The summed E-state index contributed by atoms with van der Waals surface area (Å²) in [5, 5.41) is 3.16. The minimum absolute atomic E-state index is 0.103. The summed E-state index contributed by atoms with van der Waals surface area (Å²) in [6.45, 7) is 3.54. The van der Waals surface area contributed by atoms with Gasteiger partial charge < -0.3 is 10.2 Å². The van der Waals surface area contributed by atoms with Crippen molar-refractivity contribution >= 4 is 11.8 Å². The van der Waals surface area contributed by atoms with Crippen LogP contribution in [0.4, 0.5) is 0 Å². The maximum Gasteiger partial charge on any atom is 0.253 e. The van der Waals surface area contributed by atoms with Crippen LogP contribution in [0.5, 0.6) is 0 Å². The lowest BCUT2D eigenvalue weighted by Gasteiger charge is -2.42. The van der Waals surface area contributed by atoms with Gasteiger partial charge in [0.25, 0.3) is 5.91 Å². The van der Waals surface area contributed by atoms with Crippen LogP contribution in [0.1, 0.15) is 48.9 Å². The van der Waals surface area contributed by atoms with Crippen LogP contribution >= 0.6 is 0 Å². The quantitative estimate of drug-likeness (QED) is 0.891. The fourth-order valence-corrected chi connectivity index (χ4v) is 4.21. The second-order valence-corrected chi connectivity index (χ2v) is 7.88. The van der Waals surface area contributed by atoms with E-state index in [1.165, 1.54) is 0 Å². The maximum absolute atomic E-state index is 12.6. The topological polar surface area (TPSA) is 65.5 Å². The highest BCUT2D eigenvalue weighted by Gasteiger charge is 2.34. The van der Waals surface area contributed by atoms with E-state index in [2.05, 4.69) is 15.2 Å². The zero-order chi connectivity index (χ0) is 17.9. The van der Waals surface area contributed by atoms with Crippen molar-refractivity contribution in [3.8, 4) is 0 Å². The van der Waals surface area contributed by atoms with Crippen LogP contribution in [0.15, 0.2) is 24.5 Å². The second-order valence-electron chi connectivity index (χ2n) is 7.88. The summed E-state index contributed by atoms with van der Waals surface area (Å²) in [6.07, 6.45) is 9.72. The number of nitrogens with zero attached hydrogens (tertiary/aromatic N) is 3. The number of hydrogen-bond donors (Lipinski definition) is 1. The van der Waals surface area contributed by atoms with E-state index in [4.69, 9.17) is 0 Å². The van der Waals surface area contributed by atoms with Crippen molar-refractivity contribution < 1.29 is 9.59 Å². The molecule has 6 nitrogen and oxygen atoms in total. The molecule has 0 unspecified atom stereocenters. The molecule has 0 spiro atoms. The Bertz CT molecular complexity index is 638. The Morgan fingerprint density at radius 2 is 1.73 bits per heavy atom. The molecule has 0 radical (unpaired) electrons. The molecule has 4 rings (SSSR count). The van der Waals surface area contributed by atoms with E-state index in [0.717, 1.165) is 64.7 Å². The number of nitrogens with one attached hydrogen (secondary N) is 1. The van der Waals surface area contributed by atoms with Crippen molar-refractivity contribution in [2.75, 3.05) is 26.2 Å². The molecule has 140 valence electrons. The molecule has 0 bridgehead atoms. The van der Waals surface area contributed by atoms with E-state index in [9.17, 15) is 9.59 Å². The molecule has 1 saturated carbocycles. The molecule has 1 N–H and O–H groups in total. The molecule has 2 aliphatic heterocycles. The van der Waals surface area contributed by atoms with E-state index in [-0.39, 0.29) is 17.7 Å². The highest BCUT2D eigenvalue weighted by atomic mass is 16.2. The van der Waals surface area contributed by atoms with Crippen molar-refractivity contribution in [1.29, 1.82) is 0 Å². The molecule has 3 aliphatic rings. The number of amides is 2. The maximum atomic E-state index is 12.6. The number of piperidine rings is 2. The summed E-state index contributed by atoms with van der Waals surface area (Å²) in [5.41, 5.74) is 0.716. The Labute approximate surface area is 155 Å². The van der Waals surface area contributed by atoms with Crippen molar-refractivity contribution in [2.24, 2.45) is 5.92 Å². The van der Waals surface area contributed by atoms with E-state index in [1.807, 2.05) is 4.90 Å². The number of rotatable bonds is 4. The number of likely N-dealkylation sites (tertiary alicyclic amines) is 2. The molecule has 1 atom stereocenters. The molecule has 2 amide bonds. The van der Waals surface area contributed by atoms with Gasteiger partial charge in [-0.25, -0.2) is 0 Å². The monoisotopic (exact) mass is 356 g/mol. The predicted molar refractivity (Wildman–Crippen MR) is 98.6 cm³/mol. The van der Waals surface area contributed by atoms with Gasteiger partial charge >= 0.3 is 0 Å². The van der Waals surface area contributed by atoms with Crippen LogP contribution in [0.2, 0.25) is 0 Å². The minimum atomic E-state index is 0.103. The third-order valence-electron chi connectivity index (χ3n) is 5.94. The summed E-state index contributed by atoms with van der Waals surface area (Å²) < 4.78 is 0. The lowest BCUT2D eigenvalue weighted by Crippen LogP contribution is -2.51. The van der Waals surface area contributed by atoms with E-state index < -0.39 is 0 Å². The SMILES string of the molecule is O=C(NC1CC1)[C@@H]1CCCN(C2CCN(C(=O)c3ccncc3)CC2)C1. The molecule has 3 fully saturated rings. The lowest BCUT2D eigenvalue weighted by molar-refractivity contribution is -0.127. The van der Waals surface area contributed by atoms with Gasteiger partial charge in [-0.15, -0.1) is 0 Å². The Morgan fingerprint density at radius 1 is 1.00 bits per heavy atom. The zero-order valence-electron chi connectivity index (χ0n) is 15.3. The van der Waals surface area contributed by atoms with Crippen LogP contribution < -0.4 is 5.32 Å². The van der Waals surface area contributed by atoms with Gasteiger partial charge in [0, 0.05) is 49.7 Å². The first-order valence-corrected chi connectivity index (χ1v) is 9.94. The van der Waals surface area contributed by atoms with Crippen molar-refractivity contribution in [2.45, 2.75) is 50.6 Å². The fourth-order valence-electron chi connectivity index (χ4n) is 4.21. The van der Waals surface area contributed by atoms with Gasteiger partial charge in [-0.3, -0.25) is 19.5 Å². The van der Waals surface area contributed by atoms with Gasteiger partial charge in [-0.1, -0.05) is 0 Å². The first-order chi connectivity index (χ1) is 12.7. The van der Waals surface area contributed by atoms with E-state index in [0.29, 0.717) is 17.6 Å². The number of carbonyl (C=O) groups excluding carboxylic acids is 2. The van der Waals surface area contributed by atoms with Crippen LogP contribution in [0.3, 0.4) is 0 Å². The number of carbonyl (C=O) groups is 2. The molecule has 6 heteroatoms. The van der Waals surface area contributed by atoms with Crippen LogP contribution in [-0.2, 0) is 4.79 Å². The van der Waals surface area contributed by atoms with Gasteiger partial charge in [-0.2, -0.15) is 0 Å². The highest BCUT2D eigenvalue weighted by molar-refractivity contribution is 5.94. The fraction of sp³-hybridized carbons (Fsp3) is 0.650. The van der Waals surface area contributed by atoms with Crippen molar-refractivity contribution in [1.82, 2.24) is 20.1 Å². The molecule has 1 aromatic rings. The molecule has 2 saturated heterocycles. The Hall–Kier alpha value is -1.95. The van der Waals surface area contributed by atoms with Crippen LogP contribution in [0, 0.1) is 5.92 Å². The average molecular weight is 356 g/mol. The van der Waals surface area contributed by atoms with Gasteiger partial charge in [0.15, 0.2) is 0 Å². The highest BCUT2D eigenvalue weighted by Crippen LogP contribution is 2.26. The number of pyridine rings is 1. The third-order valence-corrected chi connectivity index (χ3v) is 5.94. The molecule has 3 heterocycles. The van der Waals surface area contributed by atoms with Gasteiger partial charge in [0.2, 0.25) is 5.91 Å². The zero-order valence-corrected chi connectivity index (χ0v) is 15.3. The molecular weight excluding hydrogens is 328 g/mol. The molecular formula is C20H28N4O2. The molecule has 1 aliphatic carbocycles.